The van der Waals surface area contributed by atoms with Crippen LogP contribution in [0.3, 0.4) is 0 Å². The Morgan fingerprint density at radius 3 is 2.36 bits per heavy atom. The number of hydrogen-bond donors (Lipinski definition) is 1. The van der Waals surface area contributed by atoms with Gasteiger partial charge in [-0.25, -0.2) is 0 Å². The summed E-state index contributed by atoms with van der Waals surface area (Å²) in [5.41, 5.74) is 0.501. The molecule has 0 fully saturated rings. The normalized spacial score (nSPS) is 10.7. The molecule has 0 aliphatic carbocycles. The van der Waals surface area contributed by atoms with Crippen molar-refractivity contribution >= 4 is 11.0 Å². The lowest BCUT2D eigenvalue weighted by Gasteiger charge is -2.14. The van der Waals surface area contributed by atoms with Crippen molar-refractivity contribution in [2.75, 3.05) is 27.9 Å². The second-order valence-electron chi connectivity index (χ2n) is 6.02. The highest BCUT2D eigenvalue weighted by Gasteiger charge is 2.20. The van der Waals surface area contributed by atoms with Crippen LogP contribution >= 0.6 is 0 Å². The van der Waals surface area contributed by atoms with E-state index in [0.717, 1.165) is 6.42 Å². The van der Waals surface area contributed by atoms with E-state index in [4.69, 9.17) is 23.4 Å². The van der Waals surface area contributed by atoms with Crippen LogP contribution in [0, 0.1) is 0 Å². The number of ether oxygens (including phenoxy) is 4. The molecule has 7 heteroatoms. The van der Waals surface area contributed by atoms with Crippen LogP contribution in [0.2, 0.25) is 0 Å². The minimum absolute atomic E-state index is 0.128. The lowest BCUT2D eigenvalue weighted by Crippen LogP contribution is -2.06. The fourth-order valence-electron chi connectivity index (χ4n) is 2.93. The van der Waals surface area contributed by atoms with Gasteiger partial charge in [0.05, 0.1) is 27.9 Å². The van der Waals surface area contributed by atoms with Gasteiger partial charge in [-0.05, 0) is 24.6 Å². The molecular formula is C21H22O7. The molecule has 7 nitrogen and oxygen atoms in total. The maximum absolute atomic E-state index is 12.8. The number of rotatable bonds is 7. The number of phenolic OH excluding ortho intramolecular Hbond substituents is 1. The van der Waals surface area contributed by atoms with Crippen LogP contribution in [-0.2, 0) is 0 Å². The number of hydrogen-bond acceptors (Lipinski definition) is 7. The van der Waals surface area contributed by atoms with E-state index in [1.54, 1.807) is 25.3 Å². The van der Waals surface area contributed by atoms with Gasteiger partial charge in [-0.3, -0.25) is 4.79 Å². The van der Waals surface area contributed by atoms with Crippen molar-refractivity contribution in [3.63, 3.8) is 0 Å². The van der Waals surface area contributed by atoms with Crippen molar-refractivity contribution in [2.24, 2.45) is 0 Å². The summed E-state index contributed by atoms with van der Waals surface area (Å²) in [5.74, 6) is 1.50. The lowest BCUT2D eigenvalue weighted by atomic mass is 10.1. The van der Waals surface area contributed by atoms with Crippen LogP contribution in [0.5, 0.6) is 28.7 Å². The van der Waals surface area contributed by atoms with Crippen molar-refractivity contribution in [2.45, 2.75) is 13.3 Å². The van der Waals surface area contributed by atoms with Crippen LogP contribution in [0.1, 0.15) is 13.3 Å². The monoisotopic (exact) mass is 386 g/mol. The van der Waals surface area contributed by atoms with Crippen LogP contribution in [0.4, 0.5) is 0 Å². The lowest BCUT2D eigenvalue weighted by molar-refractivity contribution is 0.280. The Hall–Kier alpha value is -3.35. The smallest absolute Gasteiger partial charge is 0.204 e. The van der Waals surface area contributed by atoms with Gasteiger partial charge < -0.3 is 28.5 Å². The highest BCUT2D eigenvalue weighted by atomic mass is 16.5. The molecule has 0 aliphatic heterocycles. The minimum atomic E-state index is -0.316. The molecule has 1 aromatic heterocycles. The third kappa shape index (κ3) is 3.43. The Balaban J connectivity index is 2.20. The quantitative estimate of drug-likeness (QED) is 0.657. The van der Waals surface area contributed by atoms with E-state index in [1.165, 1.54) is 26.4 Å². The predicted molar refractivity (Wildman–Crippen MR) is 105 cm³/mol. The summed E-state index contributed by atoms with van der Waals surface area (Å²) in [7, 11) is 4.48. The average molecular weight is 386 g/mol. The van der Waals surface area contributed by atoms with E-state index in [2.05, 4.69) is 0 Å². The Bertz CT molecular complexity index is 1050. The fraction of sp³-hybridized carbons (Fsp3) is 0.286. The van der Waals surface area contributed by atoms with Crippen molar-refractivity contribution < 1.29 is 28.5 Å². The van der Waals surface area contributed by atoms with Crippen molar-refractivity contribution in [3.05, 3.63) is 40.6 Å². The molecular weight excluding hydrogens is 364 g/mol. The second kappa shape index (κ2) is 8.12. The fourth-order valence-corrected chi connectivity index (χ4v) is 2.93. The maximum Gasteiger partial charge on any atom is 0.204 e. The van der Waals surface area contributed by atoms with Gasteiger partial charge in [-0.15, -0.1) is 0 Å². The number of fused-ring (bicyclic) bond motifs is 1. The molecule has 0 bridgehead atoms. The standard InChI is InChI=1S/C21H22O7/c1-5-8-27-20-14(23)11-18-19(21(20)26-4)13(22)10-16(28-18)12-6-7-15(24-2)17(9-12)25-3/h6-7,9-11,23H,5,8H2,1-4H3. The summed E-state index contributed by atoms with van der Waals surface area (Å²) in [6, 6.07) is 7.90. The summed E-state index contributed by atoms with van der Waals surface area (Å²) in [6.07, 6.45) is 0.744. The number of phenols is 1. The Morgan fingerprint density at radius 2 is 1.71 bits per heavy atom. The zero-order valence-corrected chi connectivity index (χ0v) is 16.2. The van der Waals surface area contributed by atoms with E-state index in [-0.39, 0.29) is 33.6 Å². The van der Waals surface area contributed by atoms with Gasteiger partial charge in [0.2, 0.25) is 5.75 Å². The molecule has 0 unspecified atom stereocenters. The van der Waals surface area contributed by atoms with E-state index >= 15 is 0 Å². The Kier molecular flexibility index (Phi) is 5.63. The molecule has 1 N–H and O–H groups in total. The van der Waals surface area contributed by atoms with Crippen LogP contribution in [0.25, 0.3) is 22.3 Å². The summed E-state index contributed by atoms with van der Waals surface area (Å²) < 4.78 is 27.3. The van der Waals surface area contributed by atoms with E-state index in [1.807, 2.05) is 6.92 Å². The van der Waals surface area contributed by atoms with E-state index in [9.17, 15) is 9.90 Å². The molecule has 1 heterocycles. The van der Waals surface area contributed by atoms with Gasteiger partial charge in [0.25, 0.3) is 0 Å². The van der Waals surface area contributed by atoms with Crippen molar-refractivity contribution in [3.8, 4) is 40.1 Å². The predicted octanol–water partition coefficient (Wildman–Crippen LogP) is 3.98. The molecule has 0 saturated carbocycles. The summed E-state index contributed by atoms with van der Waals surface area (Å²) in [6.45, 7) is 2.32. The highest BCUT2D eigenvalue weighted by molar-refractivity contribution is 5.90. The maximum atomic E-state index is 12.8. The first-order valence-electron chi connectivity index (χ1n) is 8.77. The van der Waals surface area contributed by atoms with Gasteiger partial charge in [-0.1, -0.05) is 6.92 Å². The molecule has 0 saturated heterocycles. The summed E-state index contributed by atoms with van der Waals surface area (Å²) >= 11 is 0. The first kappa shape index (κ1) is 19.4. The molecule has 28 heavy (non-hydrogen) atoms. The Labute approximate surface area is 162 Å². The largest absolute Gasteiger partial charge is 0.504 e. The number of methoxy groups -OCH3 is 3. The molecule has 0 amide bonds. The van der Waals surface area contributed by atoms with Gasteiger partial charge >= 0.3 is 0 Å². The summed E-state index contributed by atoms with van der Waals surface area (Å²) in [4.78, 5) is 12.8. The molecule has 2 aromatic carbocycles. The van der Waals surface area contributed by atoms with Gasteiger partial charge in [0, 0.05) is 17.7 Å². The van der Waals surface area contributed by atoms with E-state index in [0.29, 0.717) is 29.4 Å². The first-order chi connectivity index (χ1) is 13.5. The van der Waals surface area contributed by atoms with Gasteiger partial charge in [0.15, 0.2) is 28.4 Å². The SMILES string of the molecule is CCCOc1c(O)cc2oc(-c3ccc(OC)c(OC)c3)cc(=O)c2c1OC. The molecule has 0 radical (unpaired) electrons. The van der Waals surface area contributed by atoms with Crippen molar-refractivity contribution in [1.82, 2.24) is 0 Å². The van der Waals surface area contributed by atoms with Crippen LogP contribution in [0.15, 0.2) is 39.5 Å². The average Bonchev–Trinajstić information content (AvgIpc) is 2.71. The summed E-state index contributed by atoms with van der Waals surface area (Å²) in [5, 5.41) is 10.6. The molecule has 0 atom stereocenters. The molecule has 148 valence electrons. The molecule has 0 aliphatic rings. The van der Waals surface area contributed by atoms with Gasteiger partial charge in [0.1, 0.15) is 16.7 Å². The number of benzene rings is 2. The second-order valence-corrected chi connectivity index (χ2v) is 6.02. The molecule has 3 rings (SSSR count). The first-order valence-corrected chi connectivity index (χ1v) is 8.77. The Morgan fingerprint density at radius 1 is 0.964 bits per heavy atom. The topological polar surface area (TPSA) is 87.4 Å². The zero-order valence-electron chi connectivity index (χ0n) is 16.2. The zero-order chi connectivity index (χ0) is 20.3. The third-order valence-electron chi connectivity index (χ3n) is 4.23. The van der Waals surface area contributed by atoms with E-state index < -0.39 is 0 Å². The van der Waals surface area contributed by atoms with Gasteiger partial charge in [-0.2, -0.15) is 0 Å². The van der Waals surface area contributed by atoms with Crippen molar-refractivity contribution in [1.29, 1.82) is 0 Å². The van der Waals surface area contributed by atoms with Crippen LogP contribution < -0.4 is 24.4 Å². The third-order valence-corrected chi connectivity index (χ3v) is 4.23. The number of aromatic hydroxyl groups is 1. The molecule has 0 spiro atoms. The highest BCUT2D eigenvalue weighted by Crippen LogP contribution is 2.43. The van der Waals surface area contributed by atoms with Crippen LogP contribution in [-0.4, -0.2) is 33.0 Å². The molecule has 3 aromatic rings. The minimum Gasteiger partial charge on any atom is -0.504 e.